The zero-order valence-corrected chi connectivity index (χ0v) is 10.8. The molecule has 0 aromatic carbocycles. The Morgan fingerprint density at radius 3 is 3.05 bits per heavy atom. The molecule has 3 rings (SSSR count). The van der Waals surface area contributed by atoms with E-state index in [9.17, 15) is 4.79 Å². The second-order valence-corrected chi connectivity index (χ2v) is 5.29. The van der Waals surface area contributed by atoms with E-state index in [1.807, 2.05) is 6.07 Å². The van der Waals surface area contributed by atoms with E-state index in [0.717, 1.165) is 32.6 Å². The van der Waals surface area contributed by atoms with Crippen LogP contribution >= 0.6 is 0 Å². The van der Waals surface area contributed by atoms with Crippen molar-refractivity contribution >= 4 is 11.5 Å². The van der Waals surface area contributed by atoms with Crippen LogP contribution in [0.15, 0.2) is 16.9 Å². The minimum Gasteiger partial charge on any atom is -0.381 e. The molecule has 0 aliphatic carbocycles. The highest BCUT2D eigenvalue weighted by molar-refractivity contribution is 5.43. The summed E-state index contributed by atoms with van der Waals surface area (Å²) in [5.41, 5.74) is 0.416. The van der Waals surface area contributed by atoms with Crippen LogP contribution in [-0.4, -0.2) is 39.6 Å². The van der Waals surface area contributed by atoms with E-state index < -0.39 is 0 Å². The maximum absolute atomic E-state index is 11.4. The number of H-pyrrole nitrogens is 1. The molecule has 102 valence electrons. The van der Waals surface area contributed by atoms with Gasteiger partial charge in [-0.05, 0) is 30.4 Å². The highest BCUT2D eigenvalue weighted by Gasteiger charge is 2.27. The summed E-state index contributed by atoms with van der Waals surface area (Å²) in [4.78, 5) is 11.4. The third-order valence-corrected chi connectivity index (χ3v) is 3.67. The second-order valence-electron chi connectivity index (χ2n) is 5.29. The van der Waals surface area contributed by atoms with Gasteiger partial charge in [0.2, 0.25) is 0 Å². The number of hydrogen-bond acceptors (Lipinski definition) is 5. The fraction of sp³-hybridized carbons (Fsp3) is 0.583. The molecule has 1 fully saturated rings. The Kier molecular flexibility index (Phi) is 2.98. The first-order valence-corrected chi connectivity index (χ1v) is 6.42. The van der Waals surface area contributed by atoms with Gasteiger partial charge in [0.05, 0.1) is 0 Å². The lowest BCUT2D eigenvalue weighted by Gasteiger charge is -2.33. The van der Waals surface area contributed by atoms with Gasteiger partial charge in [-0.25, -0.2) is 9.89 Å². The summed E-state index contributed by atoms with van der Waals surface area (Å²) in [5, 5.41) is 13.7. The van der Waals surface area contributed by atoms with Crippen molar-refractivity contribution in [3.05, 3.63) is 22.6 Å². The Hall–Kier alpha value is -1.89. The second kappa shape index (κ2) is 4.65. The molecular formula is C12H17N5O2. The van der Waals surface area contributed by atoms with E-state index in [2.05, 4.69) is 27.5 Å². The van der Waals surface area contributed by atoms with E-state index in [-0.39, 0.29) is 11.1 Å². The van der Waals surface area contributed by atoms with Gasteiger partial charge in [-0.3, -0.25) is 0 Å². The predicted molar refractivity (Wildman–Crippen MR) is 70.3 cm³/mol. The first-order chi connectivity index (χ1) is 9.16. The fourth-order valence-corrected chi connectivity index (χ4v) is 2.24. The highest BCUT2D eigenvalue weighted by Crippen LogP contribution is 2.29. The van der Waals surface area contributed by atoms with Gasteiger partial charge in [0, 0.05) is 19.8 Å². The van der Waals surface area contributed by atoms with Crippen molar-refractivity contribution in [2.75, 3.05) is 25.1 Å². The van der Waals surface area contributed by atoms with Crippen LogP contribution < -0.4 is 11.0 Å². The number of aromatic amines is 1. The van der Waals surface area contributed by atoms with E-state index in [0.29, 0.717) is 11.5 Å². The van der Waals surface area contributed by atoms with Crippen LogP contribution in [0.5, 0.6) is 0 Å². The summed E-state index contributed by atoms with van der Waals surface area (Å²) >= 11 is 0. The van der Waals surface area contributed by atoms with Crippen molar-refractivity contribution in [1.82, 2.24) is 19.8 Å². The molecule has 7 heteroatoms. The number of hydrogen-bond donors (Lipinski definition) is 2. The third-order valence-electron chi connectivity index (χ3n) is 3.67. The number of ether oxygens (including phenoxy) is 1. The smallest absolute Gasteiger partial charge is 0.364 e. The molecule has 0 saturated carbocycles. The fourth-order valence-electron chi connectivity index (χ4n) is 2.24. The molecule has 0 radical (unpaired) electrons. The summed E-state index contributed by atoms with van der Waals surface area (Å²) in [6.45, 7) is 4.68. The monoisotopic (exact) mass is 263 g/mol. The average molecular weight is 263 g/mol. The summed E-state index contributed by atoms with van der Waals surface area (Å²) in [6.07, 6.45) is 2.07. The summed E-state index contributed by atoms with van der Waals surface area (Å²) in [5.74, 6) is 0.684. The van der Waals surface area contributed by atoms with Crippen LogP contribution in [0.4, 0.5) is 5.82 Å². The first kappa shape index (κ1) is 12.2. The predicted octanol–water partition coefficient (Wildman–Crippen LogP) is 0.646. The Balaban J connectivity index is 1.74. The zero-order valence-electron chi connectivity index (χ0n) is 10.8. The van der Waals surface area contributed by atoms with Gasteiger partial charge in [-0.2, -0.15) is 9.61 Å². The summed E-state index contributed by atoms with van der Waals surface area (Å²) < 4.78 is 6.64. The molecular weight excluding hydrogens is 246 g/mol. The molecule has 1 aliphatic heterocycles. The lowest BCUT2D eigenvalue weighted by atomic mass is 9.82. The third kappa shape index (κ3) is 2.46. The minimum atomic E-state index is -0.323. The van der Waals surface area contributed by atoms with Crippen LogP contribution in [0, 0.1) is 5.41 Å². The quantitative estimate of drug-likeness (QED) is 0.849. The zero-order chi connectivity index (χ0) is 13.3. The SMILES string of the molecule is CC1(CNc2ccc3n[nH]c(=O)n3n2)CCOCC1. The molecule has 1 aliphatic rings. The Morgan fingerprint density at radius 2 is 2.26 bits per heavy atom. The van der Waals surface area contributed by atoms with E-state index in [1.54, 1.807) is 6.07 Å². The lowest BCUT2D eigenvalue weighted by Crippen LogP contribution is -2.33. The molecule has 0 bridgehead atoms. The topological polar surface area (TPSA) is 84.3 Å². The van der Waals surface area contributed by atoms with Crippen molar-refractivity contribution < 1.29 is 4.74 Å². The van der Waals surface area contributed by atoms with Gasteiger partial charge < -0.3 is 10.1 Å². The number of aromatic nitrogens is 4. The molecule has 0 spiro atoms. The average Bonchev–Trinajstić information content (AvgIpc) is 2.79. The van der Waals surface area contributed by atoms with Crippen LogP contribution in [0.25, 0.3) is 5.65 Å². The summed E-state index contributed by atoms with van der Waals surface area (Å²) in [6, 6.07) is 3.60. The number of rotatable bonds is 3. The molecule has 1 saturated heterocycles. The molecule has 2 N–H and O–H groups in total. The van der Waals surface area contributed by atoms with Crippen molar-refractivity contribution in [2.24, 2.45) is 5.41 Å². The van der Waals surface area contributed by atoms with Crippen LogP contribution in [0.3, 0.4) is 0 Å². The van der Waals surface area contributed by atoms with Gasteiger partial charge >= 0.3 is 5.69 Å². The van der Waals surface area contributed by atoms with Crippen LogP contribution in [0.2, 0.25) is 0 Å². The van der Waals surface area contributed by atoms with Gasteiger partial charge in [-0.15, -0.1) is 5.10 Å². The maximum atomic E-state index is 11.4. The Labute approximate surface area is 110 Å². The van der Waals surface area contributed by atoms with Crippen molar-refractivity contribution in [2.45, 2.75) is 19.8 Å². The Bertz CT molecular complexity index is 626. The van der Waals surface area contributed by atoms with Gasteiger partial charge in [-0.1, -0.05) is 6.92 Å². The van der Waals surface area contributed by atoms with E-state index >= 15 is 0 Å². The number of nitrogens with zero attached hydrogens (tertiary/aromatic N) is 3. The highest BCUT2D eigenvalue weighted by atomic mass is 16.5. The molecule has 0 amide bonds. The molecule has 19 heavy (non-hydrogen) atoms. The molecule has 2 aromatic rings. The molecule has 7 nitrogen and oxygen atoms in total. The molecule has 3 heterocycles. The summed E-state index contributed by atoms with van der Waals surface area (Å²) in [7, 11) is 0. The van der Waals surface area contributed by atoms with Crippen molar-refractivity contribution in [3.8, 4) is 0 Å². The minimum absolute atomic E-state index is 0.218. The molecule has 0 atom stereocenters. The first-order valence-electron chi connectivity index (χ1n) is 6.42. The maximum Gasteiger partial charge on any atom is 0.364 e. The number of anilines is 1. The normalized spacial score (nSPS) is 18.6. The van der Waals surface area contributed by atoms with Crippen molar-refractivity contribution in [3.63, 3.8) is 0 Å². The number of nitrogens with one attached hydrogen (secondary N) is 2. The standard InChI is InChI=1S/C12H17N5O2/c1-12(4-6-19-7-5-12)8-13-9-2-3-10-14-15-11(18)17(10)16-9/h2-3H,4-8H2,1H3,(H,13,16)(H,15,18). The molecule has 2 aromatic heterocycles. The van der Waals surface area contributed by atoms with Gasteiger partial charge in [0.15, 0.2) is 5.65 Å². The van der Waals surface area contributed by atoms with E-state index in [4.69, 9.17) is 4.74 Å². The largest absolute Gasteiger partial charge is 0.381 e. The number of fused-ring (bicyclic) bond motifs is 1. The van der Waals surface area contributed by atoms with E-state index in [1.165, 1.54) is 4.52 Å². The van der Waals surface area contributed by atoms with Crippen LogP contribution in [-0.2, 0) is 4.74 Å². The van der Waals surface area contributed by atoms with Gasteiger partial charge in [0.1, 0.15) is 5.82 Å². The lowest BCUT2D eigenvalue weighted by molar-refractivity contribution is 0.0299. The van der Waals surface area contributed by atoms with Gasteiger partial charge in [0.25, 0.3) is 0 Å². The van der Waals surface area contributed by atoms with Crippen molar-refractivity contribution in [1.29, 1.82) is 0 Å². The molecule has 0 unspecified atom stereocenters. The Morgan fingerprint density at radius 1 is 1.47 bits per heavy atom. The van der Waals surface area contributed by atoms with Crippen LogP contribution in [0.1, 0.15) is 19.8 Å².